The summed E-state index contributed by atoms with van der Waals surface area (Å²) in [5.41, 5.74) is 1.35. The average molecular weight is 319 g/mol. The van der Waals surface area contributed by atoms with E-state index < -0.39 is 0 Å². The molecule has 0 saturated carbocycles. The predicted octanol–water partition coefficient (Wildman–Crippen LogP) is 4.73. The molecule has 0 heterocycles. The molecule has 2 aromatic rings. The van der Waals surface area contributed by atoms with Crippen molar-refractivity contribution in [2.24, 2.45) is 0 Å². The number of halogens is 2. The summed E-state index contributed by atoms with van der Waals surface area (Å²) >= 11 is 5.58. The Hall–Kier alpha value is -2.13. The standard InChI is InChI=1S/C18H16ClFO2/c19-12-1-13-22-17-9-5-15(6-10-17)18(21)11-4-14-2-7-16(20)8-3-14/h2-11H,1,12-13H2. The second-order valence-corrected chi connectivity index (χ2v) is 5.04. The molecule has 0 bridgehead atoms. The average Bonchev–Trinajstić information content (AvgIpc) is 2.55. The van der Waals surface area contributed by atoms with Crippen molar-refractivity contribution in [3.8, 4) is 5.75 Å². The molecular weight excluding hydrogens is 303 g/mol. The Morgan fingerprint density at radius 3 is 2.41 bits per heavy atom. The fourth-order valence-corrected chi connectivity index (χ4v) is 1.91. The lowest BCUT2D eigenvalue weighted by atomic mass is 10.1. The first-order chi connectivity index (χ1) is 10.7. The highest BCUT2D eigenvalue weighted by Gasteiger charge is 2.02. The summed E-state index contributed by atoms with van der Waals surface area (Å²) in [4.78, 5) is 12.0. The van der Waals surface area contributed by atoms with Gasteiger partial charge in [-0.2, -0.15) is 0 Å². The van der Waals surface area contributed by atoms with Crippen molar-refractivity contribution in [2.75, 3.05) is 12.5 Å². The lowest BCUT2D eigenvalue weighted by molar-refractivity contribution is 0.104. The van der Waals surface area contributed by atoms with Crippen LogP contribution in [-0.2, 0) is 0 Å². The second kappa shape index (κ2) is 8.35. The smallest absolute Gasteiger partial charge is 0.185 e. The molecule has 114 valence electrons. The van der Waals surface area contributed by atoms with Crippen molar-refractivity contribution in [1.29, 1.82) is 0 Å². The van der Waals surface area contributed by atoms with E-state index in [9.17, 15) is 9.18 Å². The highest BCUT2D eigenvalue weighted by atomic mass is 35.5. The van der Waals surface area contributed by atoms with Crippen molar-refractivity contribution in [3.05, 3.63) is 71.6 Å². The molecule has 0 unspecified atom stereocenters. The van der Waals surface area contributed by atoms with Crippen LogP contribution in [0.15, 0.2) is 54.6 Å². The van der Waals surface area contributed by atoms with Gasteiger partial charge in [0.05, 0.1) is 6.61 Å². The first kappa shape index (κ1) is 16.2. The molecule has 0 aromatic heterocycles. The van der Waals surface area contributed by atoms with Gasteiger partial charge >= 0.3 is 0 Å². The first-order valence-corrected chi connectivity index (χ1v) is 7.49. The van der Waals surface area contributed by atoms with E-state index in [0.29, 0.717) is 23.8 Å². The Morgan fingerprint density at radius 1 is 1.09 bits per heavy atom. The molecule has 0 aliphatic rings. The van der Waals surface area contributed by atoms with Crippen molar-refractivity contribution in [1.82, 2.24) is 0 Å². The number of allylic oxidation sites excluding steroid dienone is 1. The minimum Gasteiger partial charge on any atom is -0.494 e. The van der Waals surface area contributed by atoms with E-state index >= 15 is 0 Å². The van der Waals surface area contributed by atoms with Crippen LogP contribution in [0.2, 0.25) is 0 Å². The van der Waals surface area contributed by atoms with E-state index in [1.807, 2.05) is 0 Å². The third kappa shape index (κ3) is 5.01. The van der Waals surface area contributed by atoms with Gasteiger partial charge in [-0.15, -0.1) is 11.6 Å². The van der Waals surface area contributed by atoms with Crippen LogP contribution in [0.3, 0.4) is 0 Å². The fourth-order valence-electron chi connectivity index (χ4n) is 1.80. The quantitative estimate of drug-likeness (QED) is 0.319. The number of carbonyl (C=O) groups is 1. The topological polar surface area (TPSA) is 26.3 Å². The maximum Gasteiger partial charge on any atom is 0.185 e. The summed E-state index contributed by atoms with van der Waals surface area (Å²) in [6.07, 6.45) is 3.91. The maximum absolute atomic E-state index is 12.8. The SMILES string of the molecule is O=C(C=Cc1ccc(F)cc1)c1ccc(OCCCCl)cc1. The zero-order valence-corrected chi connectivity index (χ0v) is 12.7. The zero-order valence-electron chi connectivity index (χ0n) is 12.0. The lowest BCUT2D eigenvalue weighted by Crippen LogP contribution is -1.99. The van der Waals surface area contributed by atoms with Gasteiger partial charge in [0.15, 0.2) is 5.78 Å². The number of carbonyl (C=O) groups excluding carboxylic acids is 1. The van der Waals surface area contributed by atoms with Gasteiger partial charge in [0, 0.05) is 11.4 Å². The van der Waals surface area contributed by atoms with Crippen LogP contribution in [0, 0.1) is 5.82 Å². The molecule has 0 saturated heterocycles. The number of hydrogen-bond donors (Lipinski definition) is 0. The Morgan fingerprint density at radius 2 is 1.77 bits per heavy atom. The summed E-state index contributed by atoms with van der Waals surface area (Å²) in [6.45, 7) is 0.557. The van der Waals surface area contributed by atoms with Crippen molar-refractivity contribution < 1.29 is 13.9 Å². The fraction of sp³-hybridized carbons (Fsp3) is 0.167. The van der Waals surface area contributed by atoms with Crippen LogP contribution in [0.25, 0.3) is 6.08 Å². The van der Waals surface area contributed by atoms with Crippen LogP contribution >= 0.6 is 11.6 Å². The lowest BCUT2D eigenvalue weighted by Gasteiger charge is -2.05. The molecule has 2 rings (SSSR count). The number of rotatable bonds is 7. The molecule has 0 radical (unpaired) electrons. The summed E-state index contributed by atoms with van der Waals surface area (Å²) in [6, 6.07) is 12.9. The normalized spacial score (nSPS) is 10.8. The predicted molar refractivity (Wildman–Crippen MR) is 87.0 cm³/mol. The van der Waals surface area contributed by atoms with E-state index in [1.54, 1.807) is 42.5 Å². The van der Waals surface area contributed by atoms with E-state index in [2.05, 4.69) is 0 Å². The van der Waals surface area contributed by atoms with E-state index in [-0.39, 0.29) is 11.6 Å². The van der Waals surface area contributed by atoms with Gasteiger partial charge in [-0.25, -0.2) is 4.39 Å². The van der Waals surface area contributed by atoms with Crippen LogP contribution in [0.5, 0.6) is 5.75 Å². The minimum atomic E-state index is -0.298. The Bertz CT molecular complexity index is 633. The summed E-state index contributed by atoms with van der Waals surface area (Å²) in [7, 11) is 0. The van der Waals surface area contributed by atoms with Gasteiger partial charge in [0.25, 0.3) is 0 Å². The Kier molecular flexibility index (Phi) is 6.16. The molecule has 2 aromatic carbocycles. The summed E-state index contributed by atoms with van der Waals surface area (Å²) in [5, 5.41) is 0. The number of ketones is 1. The van der Waals surface area contributed by atoms with Crippen molar-refractivity contribution in [2.45, 2.75) is 6.42 Å². The van der Waals surface area contributed by atoms with E-state index in [4.69, 9.17) is 16.3 Å². The molecule has 0 atom stereocenters. The molecule has 0 aliphatic carbocycles. The maximum atomic E-state index is 12.8. The zero-order chi connectivity index (χ0) is 15.8. The number of benzene rings is 2. The summed E-state index contributed by atoms with van der Waals surface area (Å²) < 4.78 is 18.3. The highest BCUT2D eigenvalue weighted by Crippen LogP contribution is 2.14. The van der Waals surface area contributed by atoms with Crippen LogP contribution in [0.4, 0.5) is 4.39 Å². The van der Waals surface area contributed by atoms with Crippen molar-refractivity contribution in [3.63, 3.8) is 0 Å². The summed E-state index contributed by atoms with van der Waals surface area (Å²) in [5.74, 6) is 0.860. The van der Waals surface area contributed by atoms with Crippen molar-refractivity contribution >= 4 is 23.5 Å². The molecule has 2 nitrogen and oxygen atoms in total. The largest absolute Gasteiger partial charge is 0.494 e. The van der Waals surface area contributed by atoms with Gasteiger partial charge in [-0.05, 0) is 54.5 Å². The van der Waals surface area contributed by atoms with E-state index in [0.717, 1.165) is 12.0 Å². The first-order valence-electron chi connectivity index (χ1n) is 6.96. The van der Waals surface area contributed by atoms with Crippen LogP contribution in [-0.4, -0.2) is 18.3 Å². The van der Waals surface area contributed by atoms with Gasteiger partial charge in [-0.3, -0.25) is 4.79 Å². The molecule has 0 N–H and O–H groups in total. The van der Waals surface area contributed by atoms with Gasteiger partial charge in [0.1, 0.15) is 11.6 Å². The third-order valence-electron chi connectivity index (χ3n) is 2.98. The van der Waals surface area contributed by atoms with Gasteiger partial charge < -0.3 is 4.74 Å². The monoisotopic (exact) mass is 318 g/mol. The number of hydrogen-bond acceptors (Lipinski definition) is 2. The second-order valence-electron chi connectivity index (χ2n) is 4.66. The molecular formula is C18H16ClFO2. The molecule has 0 amide bonds. The number of alkyl halides is 1. The van der Waals surface area contributed by atoms with Gasteiger partial charge in [-0.1, -0.05) is 18.2 Å². The molecule has 0 spiro atoms. The number of ether oxygens (including phenoxy) is 1. The minimum absolute atomic E-state index is 0.114. The third-order valence-corrected chi connectivity index (χ3v) is 3.25. The molecule has 0 fully saturated rings. The molecule has 22 heavy (non-hydrogen) atoms. The van der Waals surface area contributed by atoms with Gasteiger partial charge in [0.2, 0.25) is 0 Å². The Labute approximate surface area is 134 Å². The molecule has 4 heteroatoms. The highest BCUT2D eigenvalue weighted by molar-refractivity contribution is 6.17. The van der Waals surface area contributed by atoms with E-state index in [1.165, 1.54) is 18.2 Å². The Balaban J connectivity index is 1.96. The van der Waals surface area contributed by atoms with Crippen LogP contribution < -0.4 is 4.74 Å². The molecule has 0 aliphatic heterocycles. The van der Waals surface area contributed by atoms with Crippen LogP contribution in [0.1, 0.15) is 22.3 Å².